The third kappa shape index (κ3) is 3.28. The van der Waals surface area contributed by atoms with E-state index in [0.29, 0.717) is 0 Å². The van der Waals surface area contributed by atoms with Crippen LogP contribution in [0.4, 0.5) is 8.78 Å². The van der Waals surface area contributed by atoms with Crippen LogP contribution in [0.2, 0.25) is 0 Å². The van der Waals surface area contributed by atoms with Gasteiger partial charge in [0.1, 0.15) is 23.2 Å². The highest BCUT2D eigenvalue weighted by Crippen LogP contribution is 2.25. The molecule has 94 valence electrons. The van der Waals surface area contributed by atoms with Crippen LogP contribution in [-0.2, 0) is 0 Å². The molecule has 1 atom stereocenters. The molecule has 0 radical (unpaired) electrons. The molecule has 0 heterocycles. The number of rotatable bonds is 4. The second kappa shape index (κ2) is 5.44. The lowest BCUT2D eigenvalue weighted by Crippen LogP contribution is -2.35. The predicted molar refractivity (Wildman–Crippen MR) is 54.1 cm³/mol. The minimum atomic E-state index is -2.98. The van der Waals surface area contributed by atoms with Gasteiger partial charge in [0.05, 0.1) is 0 Å². The van der Waals surface area contributed by atoms with Crippen molar-refractivity contribution >= 4 is 5.91 Å². The largest absolute Gasteiger partial charge is 0.507 e. The SMILES string of the molecule is O=C(NCC(O)C(F)F)c1c(O)cccc1O. The summed E-state index contributed by atoms with van der Waals surface area (Å²) < 4.78 is 23.9. The first-order chi connectivity index (χ1) is 7.93. The number of halogens is 2. The molecule has 0 saturated carbocycles. The van der Waals surface area contributed by atoms with E-state index in [4.69, 9.17) is 5.11 Å². The van der Waals surface area contributed by atoms with Gasteiger partial charge in [-0.3, -0.25) is 4.79 Å². The number of amides is 1. The fourth-order valence-electron chi connectivity index (χ4n) is 1.14. The van der Waals surface area contributed by atoms with Crippen molar-refractivity contribution < 1.29 is 28.9 Å². The number of carbonyl (C=O) groups excluding carboxylic acids is 1. The molecule has 7 heteroatoms. The summed E-state index contributed by atoms with van der Waals surface area (Å²) in [5, 5.41) is 29.4. The van der Waals surface area contributed by atoms with E-state index in [9.17, 15) is 23.8 Å². The van der Waals surface area contributed by atoms with Crippen LogP contribution in [0.3, 0.4) is 0 Å². The minimum Gasteiger partial charge on any atom is -0.507 e. The molecule has 1 unspecified atom stereocenters. The highest BCUT2D eigenvalue weighted by molar-refractivity contribution is 5.99. The van der Waals surface area contributed by atoms with Gasteiger partial charge in [0.25, 0.3) is 12.3 Å². The molecule has 0 saturated heterocycles. The average molecular weight is 247 g/mol. The van der Waals surface area contributed by atoms with Gasteiger partial charge in [-0.05, 0) is 12.1 Å². The predicted octanol–water partition coefficient (Wildman–Crippen LogP) is 0.454. The Hall–Kier alpha value is -1.89. The standard InChI is InChI=1S/C10H11F2NO4/c11-9(12)7(16)4-13-10(17)8-5(14)2-1-3-6(8)15/h1-3,7,9,14-16H,4H2,(H,13,17). The number of aliphatic hydroxyl groups is 1. The first-order valence-electron chi connectivity index (χ1n) is 4.69. The molecule has 0 aliphatic heterocycles. The fourth-order valence-corrected chi connectivity index (χ4v) is 1.14. The Balaban J connectivity index is 2.71. The van der Waals surface area contributed by atoms with Crippen molar-refractivity contribution in [2.45, 2.75) is 12.5 Å². The summed E-state index contributed by atoms with van der Waals surface area (Å²) in [6.45, 7) is -0.676. The van der Waals surface area contributed by atoms with Crippen molar-refractivity contribution in [1.82, 2.24) is 5.32 Å². The van der Waals surface area contributed by atoms with Crippen molar-refractivity contribution in [3.63, 3.8) is 0 Å². The van der Waals surface area contributed by atoms with Gasteiger partial charge in [-0.2, -0.15) is 0 Å². The highest BCUT2D eigenvalue weighted by atomic mass is 19.3. The molecule has 0 aliphatic rings. The number of nitrogens with one attached hydrogen (secondary N) is 1. The van der Waals surface area contributed by atoms with Crippen LogP contribution in [-0.4, -0.2) is 40.3 Å². The zero-order valence-electron chi connectivity index (χ0n) is 8.60. The summed E-state index contributed by atoms with van der Waals surface area (Å²) in [5.41, 5.74) is -0.422. The molecule has 17 heavy (non-hydrogen) atoms. The van der Waals surface area contributed by atoms with Crippen molar-refractivity contribution in [3.05, 3.63) is 23.8 Å². The normalized spacial score (nSPS) is 12.5. The number of alkyl halides is 2. The van der Waals surface area contributed by atoms with Crippen LogP contribution in [0, 0.1) is 0 Å². The van der Waals surface area contributed by atoms with Gasteiger partial charge in [-0.1, -0.05) is 6.07 Å². The molecule has 0 aliphatic carbocycles. The molecule has 1 rings (SSSR count). The van der Waals surface area contributed by atoms with E-state index in [1.165, 1.54) is 6.07 Å². The van der Waals surface area contributed by atoms with Crippen LogP contribution in [0.5, 0.6) is 11.5 Å². The summed E-state index contributed by atoms with van der Waals surface area (Å²) in [5.74, 6) is -1.90. The zero-order valence-corrected chi connectivity index (χ0v) is 8.60. The minimum absolute atomic E-state index is 0.422. The van der Waals surface area contributed by atoms with Crippen LogP contribution in [0.25, 0.3) is 0 Å². The lowest BCUT2D eigenvalue weighted by atomic mass is 10.1. The molecule has 1 amide bonds. The molecule has 0 spiro atoms. The number of hydrogen-bond acceptors (Lipinski definition) is 4. The lowest BCUT2D eigenvalue weighted by Gasteiger charge is -2.11. The quantitative estimate of drug-likeness (QED) is 0.622. The maximum absolute atomic E-state index is 11.9. The van der Waals surface area contributed by atoms with Gasteiger partial charge in [0, 0.05) is 6.54 Å². The van der Waals surface area contributed by atoms with Crippen LogP contribution in [0.15, 0.2) is 18.2 Å². The number of phenolic OH excluding ortho intramolecular Hbond substituents is 2. The number of phenols is 2. The van der Waals surface area contributed by atoms with E-state index >= 15 is 0 Å². The van der Waals surface area contributed by atoms with E-state index in [0.717, 1.165) is 12.1 Å². The van der Waals surface area contributed by atoms with E-state index in [2.05, 4.69) is 0 Å². The van der Waals surface area contributed by atoms with Crippen molar-refractivity contribution in [2.75, 3.05) is 6.54 Å². The van der Waals surface area contributed by atoms with Crippen LogP contribution < -0.4 is 5.32 Å². The number of aromatic hydroxyl groups is 2. The summed E-state index contributed by atoms with van der Waals surface area (Å²) in [6, 6.07) is 3.64. The van der Waals surface area contributed by atoms with E-state index in [-0.39, 0.29) is 0 Å². The van der Waals surface area contributed by atoms with E-state index < -0.39 is 42.0 Å². The number of benzene rings is 1. The van der Waals surface area contributed by atoms with E-state index in [1.807, 2.05) is 5.32 Å². The Labute approximate surface area is 95.3 Å². The lowest BCUT2D eigenvalue weighted by molar-refractivity contribution is -0.00272. The Morgan fingerprint density at radius 2 is 1.82 bits per heavy atom. The second-order valence-electron chi connectivity index (χ2n) is 3.28. The molecule has 0 bridgehead atoms. The Bertz CT molecular complexity index is 391. The molecule has 0 aromatic heterocycles. The van der Waals surface area contributed by atoms with Crippen molar-refractivity contribution in [3.8, 4) is 11.5 Å². The monoisotopic (exact) mass is 247 g/mol. The van der Waals surface area contributed by atoms with Gasteiger partial charge < -0.3 is 20.6 Å². The summed E-state index contributed by atoms with van der Waals surface area (Å²) in [6.07, 6.45) is -4.97. The van der Waals surface area contributed by atoms with Crippen molar-refractivity contribution in [1.29, 1.82) is 0 Å². The average Bonchev–Trinajstić information content (AvgIpc) is 2.25. The zero-order chi connectivity index (χ0) is 13.0. The van der Waals surface area contributed by atoms with E-state index in [1.54, 1.807) is 0 Å². The van der Waals surface area contributed by atoms with Gasteiger partial charge in [-0.15, -0.1) is 0 Å². The Morgan fingerprint density at radius 3 is 2.29 bits per heavy atom. The molecule has 4 N–H and O–H groups in total. The molecule has 5 nitrogen and oxygen atoms in total. The summed E-state index contributed by atoms with van der Waals surface area (Å²) >= 11 is 0. The first-order valence-corrected chi connectivity index (χ1v) is 4.69. The molecular weight excluding hydrogens is 236 g/mol. The van der Waals surface area contributed by atoms with Crippen molar-refractivity contribution in [2.24, 2.45) is 0 Å². The van der Waals surface area contributed by atoms with Gasteiger partial charge >= 0.3 is 0 Å². The van der Waals surface area contributed by atoms with Crippen LogP contribution >= 0.6 is 0 Å². The third-order valence-electron chi connectivity index (χ3n) is 2.01. The fraction of sp³-hybridized carbons (Fsp3) is 0.300. The van der Waals surface area contributed by atoms with Crippen LogP contribution in [0.1, 0.15) is 10.4 Å². The summed E-state index contributed by atoms with van der Waals surface area (Å²) in [4.78, 5) is 11.4. The number of aliphatic hydroxyl groups excluding tert-OH is 1. The highest BCUT2D eigenvalue weighted by Gasteiger charge is 2.20. The molecule has 1 aromatic rings. The van der Waals surface area contributed by atoms with Gasteiger partial charge in [0.15, 0.2) is 0 Å². The number of hydrogen-bond donors (Lipinski definition) is 4. The maximum Gasteiger partial charge on any atom is 0.265 e. The topological polar surface area (TPSA) is 89.8 Å². The maximum atomic E-state index is 11.9. The van der Waals surface area contributed by atoms with Gasteiger partial charge in [-0.25, -0.2) is 8.78 Å². The second-order valence-corrected chi connectivity index (χ2v) is 3.28. The van der Waals surface area contributed by atoms with Gasteiger partial charge in [0.2, 0.25) is 0 Å². The summed E-state index contributed by atoms with van der Waals surface area (Å²) in [7, 11) is 0. The smallest absolute Gasteiger partial charge is 0.265 e. The number of carbonyl (C=O) groups is 1. The first kappa shape index (κ1) is 13.2. The Kier molecular flexibility index (Phi) is 4.22. The molecule has 0 fully saturated rings. The Morgan fingerprint density at radius 1 is 1.29 bits per heavy atom. The molecule has 1 aromatic carbocycles. The third-order valence-corrected chi connectivity index (χ3v) is 2.01. The molecular formula is C10H11F2NO4.